The van der Waals surface area contributed by atoms with Crippen molar-refractivity contribution in [3.05, 3.63) is 217 Å². The second-order valence-electron chi connectivity index (χ2n) is 14.1. The van der Waals surface area contributed by atoms with Crippen LogP contribution in [-0.2, 0) is 5.41 Å². The van der Waals surface area contributed by atoms with Crippen molar-refractivity contribution >= 4 is 0 Å². The fourth-order valence-corrected chi connectivity index (χ4v) is 8.53. The van der Waals surface area contributed by atoms with Gasteiger partial charge >= 0.3 is 0 Å². The molecule has 6 heteroatoms. The van der Waals surface area contributed by atoms with E-state index in [1.807, 2.05) is 78.9 Å². The summed E-state index contributed by atoms with van der Waals surface area (Å²) >= 11 is 0. The van der Waals surface area contributed by atoms with Gasteiger partial charge in [-0.3, -0.25) is 4.98 Å². The number of hydrogen-bond donors (Lipinski definition) is 0. The van der Waals surface area contributed by atoms with Gasteiger partial charge in [0.05, 0.1) is 5.41 Å². The monoisotopic (exact) mass is 732 g/mol. The fourth-order valence-electron chi connectivity index (χ4n) is 8.53. The molecule has 0 radical (unpaired) electrons. The van der Waals surface area contributed by atoms with Crippen molar-refractivity contribution in [2.75, 3.05) is 0 Å². The number of aromatic nitrogens is 4. The first-order valence-corrected chi connectivity index (χ1v) is 19.0. The van der Waals surface area contributed by atoms with E-state index < -0.39 is 5.41 Å². The Hall–Kier alpha value is -7.70. The third-order valence-corrected chi connectivity index (χ3v) is 11.0. The minimum Gasteiger partial charge on any atom is -0.449 e. The molecule has 0 atom stereocenters. The highest BCUT2D eigenvalue weighted by Crippen LogP contribution is 2.62. The smallest absolute Gasteiger partial charge is 0.182 e. The minimum absolute atomic E-state index is 0.495. The molecule has 9 aromatic rings. The number of hydrogen-bond acceptors (Lipinski definition) is 6. The van der Waals surface area contributed by atoms with E-state index in [1.165, 1.54) is 16.7 Å². The summed E-state index contributed by atoms with van der Waals surface area (Å²) in [5, 5.41) is 0. The maximum atomic E-state index is 7.03. The lowest BCUT2D eigenvalue weighted by atomic mass is 9.68. The molecule has 0 amide bonds. The van der Waals surface area contributed by atoms with Crippen LogP contribution in [0.25, 0.3) is 56.5 Å². The summed E-state index contributed by atoms with van der Waals surface area (Å²) in [5.41, 5.74) is 10.5. The molecule has 0 saturated heterocycles. The number of fused-ring (bicyclic) bond motifs is 6. The highest BCUT2D eigenvalue weighted by atomic mass is 16.6. The number of ether oxygens (including phenoxy) is 2. The summed E-state index contributed by atoms with van der Waals surface area (Å²) in [6.07, 6.45) is 1.75. The molecule has 0 fully saturated rings. The van der Waals surface area contributed by atoms with Crippen molar-refractivity contribution in [1.82, 2.24) is 19.9 Å². The Kier molecular flexibility index (Phi) is 7.60. The molecule has 7 aromatic carbocycles. The summed E-state index contributed by atoms with van der Waals surface area (Å²) in [5.74, 6) is 4.21. The third-order valence-electron chi connectivity index (χ3n) is 11.0. The van der Waals surface area contributed by atoms with Crippen molar-refractivity contribution in [1.29, 1.82) is 0 Å². The number of nitrogens with zero attached hydrogens (tertiary/aromatic N) is 4. The number of rotatable bonds is 6. The van der Waals surface area contributed by atoms with Crippen LogP contribution in [0.5, 0.6) is 23.0 Å². The SMILES string of the molecule is c1ccc(-c2nc(-c3ccccn3)nc(-c3ccccc3-c3cccc4c3Oc3ccc5c(c3O4)-c3ccccc3C5(c3ccccc3)c3ccccc3)n2)cc1. The molecule has 268 valence electrons. The van der Waals surface area contributed by atoms with Crippen molar-refractivity contribution in [3.63, 3.8) is 0 Å². The van der Waals surface area contributed by atoms with E-state index in [1.54, 1.807) is 6.20 Å². The largest absolute Gasteiger partial charge is 0.449 e. The third kappa shape index (κ3) is 5.19. The Balaban J connectivity index is 1.07. The van der Waals surface area contributed by atoms with Gasteiger partial charge in [-0.15, -0.1) is 0 Å². The zero-order chi connectivity index (χ0) is 37.8. The summed E-state index contributed by atoms with van der Waals surface area (Å²) in [6, 6.07) is 64.3. The predicted molar refractivity (Wildman–Crippen MR) is 223 cm³/mol. The molecule has 0 unspecified atom stereocenters. The maximum absolute atomic E-state index is 7.03. The van der Waals surface area contributed by atoms with E-state index in [2.05, 4.69) is 114 Å². The van der Waals surface area contributed by atoms with Crippen LogP contribution in [0.15, 0.2) is 194 Å². The normalized spacial score (nSPS) is 13.0. The van der Waals surface area contributed by atoms with Gasteiger partial charge < -0.3 is 9.47 Å². The Bertz CT molecular complexity index is 2860. The van der Waals surface area contributed by atoms with Crippen molar-refractivity contribution in [2.45, 2.75) is 5.41 Å². The van der Waals surface area contributed by atoms with Gasteiger partial charge in [0.1, 0.15) is 5.69 Å². The average molecular weight is 733 g/mol. The van der Waals surface area contributed by atoms with Crippen LogP contribution in [0.1, 0.15) is 22.3 Å². The quantitative estimate of drug-likeness (QED) is 0.169. The molecular formula is C51H32N4O2. The Morgan fingerprint density at radius 2 is 0.947 bits per heavy atom. The lowest BCUT2D eigenvalue weighted by Crippen LogP contribution is -2.28. The molecule has 2 aliphatic rings. The van der Waals surface area contributed by atoms with Gasteiger partial charge in [0.2, 0.25) is 0 Å². The number of benzene rings is 7. The van der Waals surface area contributed by atoms with Crippen LogP contribution in [0.2, 0.25) is 0 Å². The van der Waals surface area contributed by atoms with Crippen LogP contribution < -0.4 is 9.47 Å². The molecule has 6 nitrogen and oxygen atoms in total. The van der Waals surface area contributed by atoms with Crippen molar-refractivity contribution in [3.8, 4) is 79.5 Å². The van der Waals surface area contributed by atoms with E-state index in [4.69, 9.17) is 24.4 Å². The van der Waals surface area contributed by atoms with Gasteiger partial charge in [-0.2, -0.15) is 0 Å². The minimum atomic E-state index is -0.550. The molecular weight excluding hydrogens is 701 g/mol. The van der Waals surface area contributed by atoms with Crippen LogP contribution in [-0.4, -0.2) is 19.9 Å². The summed E-state index contributed by atoms with van der Waals surface area (Å²) in [4.78, 5) is 19.5. The number of pyridine rings is 1. The fraction of sp³-hybridized carbons (Fsp3) is 0.0196. The first kappa shape index (κ1) is 32.7. The molecule has 3 heterocycles. The van der Waals surface area contributed by atoms with Crippen LogP contribution in [0.4, 0.5) is 0 Å². The van der Waals surface area contributed by atoms with Crippen molar-refractivity contribution in [2.24, 2.45) is 0 Å². The lowest BCUT2D eigenvalue weighted by Gasteiger charge is -2.34. The van der Waals surface area contributed by atoms with Gasteiger partial charge in [0.15, 0.2) is 40.5 Å². The molecule has 57 heavy (non-hydrogen) atoms. The van der Waals surface area contributed by atoms with Gasteiger partial charge in [-0.1, -0.05) is 164 Å². The first-order chi connectivity index (χ1) is 28.3. The Morgan fingerprint density at radius 1 is 0.368 bits per heavy atom. The van der Waals surface area contributed by atoms with Crippen LogP contribution in [0.3, 0.4) is 0 Å². The van der Waals surface area contributed by atoms with Gasteiger partial charge in [-0.25, -0.2) is 15.0 Å². The zero-order valence-corrected chi connectivity index (χ0v) is 30.6. The average Bonchev–Trinajstić information content (AvgIpc) is 3.61. The zero-order valence-electron chi connectivity index (χ0n) is 30.6. The molecule has 0 bridgehead atoms. The summed E-state index contributed by atoms with van der Waals surface area (Å²) < 4.78 is 14.0. The molecule has 11 rings (SSSR count). The Labute approximate surface area is 329 Å². The molecule has 1 aliphatic heterocycles. The molecule has 1 aliphatic carbocycles. The highest BCUT2D eigenvalue weighted by Gasteiger charge is 2.48. The van der Waals surface area contributed by atoms with E-state index in [0.29, 0.717) is 46.2 Å². The topological polar surface area (TPSA) is 70.0 Å². The summed E-state index contributed by atoms with van der Waals surface area (Å²) in [6.45, 7) is 0. The molecule has 0 saturated carbocycles. The predicted octanol–water partition coefficient (Wildman–Crippen LogP) is 12.2. The van der Waals surface area contributed by atoms with E-state index >= 15 is 0 Å². The van der Waals surface area contributed by atoms with E-state index in [-0.39, 0.29) is 0 Å². The highest BCUT2D eigenvalue weighted by molar-refractivity contribution is 5.93. The van der Waals surface area contributed by atoms with Crippen LogP contribution in [0, 0.1) is 0 Å². The van der Waals surface area contributed by atoms with Gasteiger partial charge in [-0.05, 0) is 57.6 Å². The summed E-state index contributed by atoms with van der Waals surface area (Å²) in [7, 11) is 0. The van der Waals surface area contributed by atoms with E-state index in [0.717, 1.165) is 38.9 Å². The second kappa shape index (κ2) is 13.3. The molecule has 2 aromatic heterocycles. The second-order valence-corrected chi connectivity index (χ2v) is 14.1. The Morgan fingerprint density at radius 3 is 1.68 bits per heavy atom. The standard InChI is InChI=1S/C51H32N4O2/c1-4-17-33(18-5-1)48-53-49(55-50(54-48)42-28-14-15-32-52-42)38-24-11-10-23-36(38)37-26-16-29-43-46(37)56-44-31-30-41-45(47(44)57-43)39-25-12-13-27-40(39)51(41,34-19-6-2-7-20-34)35-21-8-3-9-22-35/h1-32H. The van der Waals surface area contributed by atoms with Crippen LogP contribution >= 0.6 is 0 Å². The maximum Gasteiger partial charge on any atom is 0.182 e. The van der Waals surface area contributed by atoms with Crippen molar-refractivity contribution < 1.29 is 9.47 Å². The molecule has 0 N–H and O–H groups in total. The van der Waals surface area contributed by atoms with Gasteiger partial charge in [0, 0.05) is 28.5 Å². The number of para-hydroxylation sites is 1. The lowest BCUT2D eigenvalue weighted by molar-refractivity contribution is 0.361. The van der Waals surface area contributed by atoms with Gasteiger partial charge in [0.25, 0.3) is 0 Å². The molecule has 0 spiro atoms. The first-order valence-electron chi connectivity index (χ1n) is 19.0. The van der Waals surface area contributed by atoms with E-state index in [9.17, 15) is 0 Å².